The number of amides is 1. The fourth-order valence-corrected chi connectivity index (χ4v) is 2.32. The Hall–Kier alpha value is -2.15. The molecule has 1 heterocycles. The number of hydrogen-bond acceptors (Lipinski definition) is 4. The molecule has 110 valence electrons. The molecule has 21 heavy (non-hydrogen) atoms. The summed E-state index contributed by atoms with van der Waals surface area (Å²) in [6, 6.07) is 5.91. The molecule has 0 aliphatic rings. The Morgan fingerprint density at radius 2 is 2.14 bits per heavy atom. The molecule has 0 saturated carbocycles. The van der Waals surface area contributed by atoms with E-state index in [-0.39, 0.29) is 17.2 Å². The van der Waals surface area contributed by atoms with Crippen LogP contribution in [0.3, 0.4) is 0 Å². The Morgan fingerprint density at radius 3 is 2.71 bits per heavy atom. The van der Waals surface area contributed by atoms with E-state index in [0.717, 1.165) is 11.3 Å². The van der Waals surface area contributed by atoms with Crippen LogP contribution in [0.4, 0.5) is 5.69 Å². The van der Waals surface area contributed by atoms with E-state index in [1.807, 2.05) is 6.92 Å². The molecule has 0 aliphatic heterocycles. The van der Waals surface area contributed by atoms with Crippen molar-refractivity contribution in [1.82, 2.24) is 4.90 Å². The predicted molar refractivity (Wildman–Crippen MR) is 80.0 cm³/mol. The van der Waals surface area contributed by atoms with Crippen molar-refractivity contribution >= 4 is 27.5 Å². The summed E-state index contributed by atoms with van der Waals surface area (Å²) in [5.74, 6) is 0.443. The molecule has 1 amide bonds. The van der Waals surface area contributed by atoms with Gasteiger partial charge in [0.2, 0.25) is 0 Å². The number of non-ortho nitro benzene ring substituents is 1. The summed E-state index contributed by atoms with van der Waals surface area (Å²) >= 11 is 3.25. The number of halogens is 1. The highest BCUT2D eigenvalue weighted by Crippen LogP contribution is 2.24. The van der Waals surface area contributed by atoms with Crippen LogP contribution in [-0.2, 0) is 6.54 Å². The first-order valence-electron chi connectivity index (χ1n) is 6.12. The molecule has 6 nitrogen and oxygen atoms in total. The van der Waals surface area contributed by atoms with Crippen LogP contribution in [0.15, 0.2) is 39.4 Å². The zero-order chi connectivity index (χ0) is 15.6. The van der Waals surface area contributed by atoms with Crippen molar-refractivity contribution in [3.8, 4) is 0 Å². The Labute approximate surface area is 129 Å². The minimum Gasteiger partial charge on any atom is -0.469 e. The van der Waals surface area contributed by atoms with Crippen molar-refractivity contribution in [2.24, 2.45) is 0 Å². The van der Waals surface area contributed by atoms with E-state index < -0.39 is 4.92 Å². The smallest absolute Gasteiger partial charge is 0.270 e. The zero-order valence-corrected chi connectivity index (χ0v) is 13.1. The summed E-state index contributed by atoms with van der Waals surface area (Å²) in [4.78, 5) is 24.2. The third kappa shape index (κ3) is 3.30. The molecule has 2 aromatic rings. The molecule has 0 atom stereocenters. The zero-order valence-electron chi connectivity index (χ0n) is 11.5. The number of nitrogens with zero attached hydrogens (tertiary/aromatic N) is 2. The van der Waals surface area contributed by atoms with Gasteiger partial charge in [0, 0.05) is 35.8 Å². The van der Waals surface area contributed by atoms with Gasteiger partial charge in [0.1, 0.15) is 5.76 Å². The first kappa shape index (κ1) is 15.2. The Morgan fingerprint density at radius 1 is 1.43 bits per heavy atom. The van der Waals surface area contributed by atoms with Gasteiger partial charge >= 0.3 is 0 Å². The van der Waals surface area contributed by atoms with Crippen molar-refractivity contribution in [3.63, 3.8) is 0 Å². The molecule has 0 unspecified atom stereocenters. The van der Waals surface area contributed by atoms with Gasteiger partial charge in [-0.2, -0.15) is 0 Å². The summed E-state index contributed by atoms with van der Waals surface area (Å²) in [6.07, 6.45) is 1.56. The van der Waals surface area contributed by atoms with Crippen LogP contribution in [0.1, 0.15) is 21.7 Å². The highest BCUT2D eigenvalue weighted by molar-refractivity contribution is 9.10. The van der Waals surface area contributed by atoms with E-state index in [1.54, 1.807) is 19.4 Å². The van der Waals surface area contributed by atoms with Crippen molar-refractivity contribution in [3.05, 3.63) is 62.0 Å². The molecule has 1 aromatic carbocycles. The molecule has 1 aromatic heterocycles. The lowest BCUT2D eigenvalue weighted by Gasteiger charge is -2.17. The second kappa shape index (κ2) is 6.09. The molecule has 0 aliphatic carbocycles. The fraction of sp³-hybridized carbons (Fsp3) is 0.214. The van der Waals surface area contributed by atoms with Crippen molar-refractivity contribution < 1.29 is 14.1 Å². The number of hydrogen-bond donors (Lipinski definition) is 0. The van der Waals surface area contributed by atoms with E-state index >= 15 is 0 Å². The number of furan rings is 1. The predicted octanol–water partition coefficient (Wildman–Crippen LogP) is 3.53. The van der Waals surface area contributed by atoms with Crippen molar-refractivity contribution in [2.45, 2.75) is 13.5 Å². The molecule has 0 saturated heterocycles. The second-order valence-corrected chi connectivity index (χ2v) is 5.44. The largest absolute Gasteiger partial charge is 0.469 e. The Bertz CT molecular complexity index is 696. The van der Waals surface area contributed by atoms with Crippen LogP contribution in [0.25, 0.3) is 0 Å². The van der Waals surface area contributed by atoms with Crippen LogP contribution < -0.4 is 0 Å². The van der Waals surface area contributed by atoms with Gasteiger partial charge in [-0.3, -0.25) is 14.9 Å². The maximum atomic E-state index is 12.4. The maximum absolute atomic E-state index is 12.4. The van der Waals surface area contributed by atoms with Gasteiger partial charge in [-0.25, -0.2) is 0 Å². The average molecular weight is 353 g/mol. The molecular weight excluding hydrogens is 340 g/mol. The first-order chi connectivity index (χ1) is 9.90. The van der Waals surface area contributed by atoms with Gasteiger partial charge in [-0.1, -0.05) is 0 Å². The summed E-state index contributed by atoms with van der Waals surface area (Å²) in [5, 5.41) is 10.8. The summed E-state index contributed by atoms with van der Waals surface area (Å²) in [6.45, 7) is 2.19. The molecular formula is C14H13BrN2O4. The monoisotopic (exact) mass is 352 g/mol. The number of rotatable bonds is 4. The van der Waals surface area contributed by atoms with E-state index in [1.165, 1.54) is 23.1 Å². The topological polar surface area (TPSA) is 76.6 Å². The lowest BCUT2D eigenvalue weighted by molar-refractivity contribution is -0.384. The highest BCUT2D eigenvalue weighted by Gasteiger charge is 2.19. The van der Waals surface area contributed by atoms with Gasteiger partial charge in [0.25, 0.3) is 11.6 Å². The lowest BCUT2D eigenvalue weighted by Crippen LogP contribution is -2.26. The number of benzene rings is 1. The summed E-state index contributed by atoms with van der Waals surface area (Å²) < 4.78 is 5.71. The first-order valence-corrected chi connectivity index (χ1v) is 6.92. The van der Waals surface area contributed by atoms with Crippen molar-refractivity contribution in [2.75, 3.05) is 7.05 Å². The average Bonchev–Trinajstić information content (AvgIpc) is 2.83. The molecule has 2 rings (SSSR count). The molecule has 0 spiro atoms. The van der Waals surface area contributed by atoms with E-state index in [2.05, 4.69) is 15.9 Å². The fourth-order valence-electron chi connectivity index (χ4n) is 1.90. The van der Waals surface area contributed by atoms with Crippen LogP contribution in [0.5, 0.6) is 0 Å². The second-order valence-electron chi connectivity index (χ2n) is 4.58. The molecule has 0 fully saturated rings. The normalized spacial score (nSPS) is 10.4. The molecule has 0 N–H and O–H groups in total. The van der Waals surface area contributed by atoms with E-state index in [9.17, 15) is 14.9 Å². The van der Waals surface area contributed by atoms with Crippen LogP contribution in [0, 0.1) is 17.0 Å². The minimum atomic E-state index is -0.524. The molecule has 0 radical (unpaired) electrons. The third-order valence-electron chi connectivity index (χ3n) is 3.11. The number of carbonyl (C=O) groups excluding carboxylic acids is 1. The summed E-state index contributed by atoms with van der Waals surface area (Å²) in [5.41, 5.74) is 1.04. The number of nitro benzene ring substituents is 1. The van der Waals surface area contributed by atoms with Crippen molar-refractivity contribution in [1.29, 1.82) is 0 Å². The Balaban J connectivity index is 2.25. The SMILES string of the molecule is Cc1occc1CN(C)C(=O)c1cc([N+](=O)[O-])ccc1Br. The summed E-state index contributed by atoms with van der Waals surface area (Å²) in [7, 11) is 1.64. The number of nitro groups is 1. The van der Waals surface area contributed by atoms with Gasteiger partial charge in [-0.05, 0) is 35.0 Å². The van der Waals surface area contributed by atoms with Gasteiger partial charge < -0.3 is 9.32 Å². The number of aryl methyl sites for hydroxylation is 1. The molecule has 7 heteroatoms. The van der Waals surface area contributed by atoms with E-state index in [4.69, 9.17) is 4.42 Å². The Kier molecular flexibility index (Phi) is 4.42. The quantitative estimate of drug-likeness (QED) is 0.622. The van der Waals surface area contributed by atoms with Gasteiger partial charge in [-0.15, -0.1) is 0 Å². The highest BCUT2D eigenvalue weighted by atomic mass is 79.9. The number of carbonyl (C=O) groups is 1. The van der Waals surface area contributed by atoms with E-state index in [0.29, 0.717) is 11.0 Å². The van der Waals surface area contributed by atoms with Crippen LogP contribution in [-0.4, -0.2) is 22.8 Å². The minimum absolute atomic E-state index is 0.116. The lowest BCUT2D eigenvalue weighted by atomic mass is 10.1. The van der Waals surface area contributed by atoms with Gasteiger partial charge in [0.05, 0.1) is 16.7 Å². The van der Waals surface area contributed by atoms with Crippen LogP contribution in [0.2, 0.25) is 0 Å². The van der Waals surface area contributed by atoms with Gasteiger partial charge in [0.15, 0.2) is 0 Å². The van der Waals surface area contributed by atoms with Crippen LogP contribution >= 0.6 is 15.9 Å². The molecule has 0 bridgehead atoms. The maximum Gasteiger partial charge on any atom is 0.270 e. The third-order valence-corrected chi connectivity index (χ3v) is 3.80. The standard InChI is InChI=1S/C14H13BrN2O4/c1-9-10(5-6-21-9)8-16(2)14(18)12-7-11(17(19)20)3-4-13(12)15/h3-7H,8H2,1-2H3.